The Morgan fingerprint density at radius 3 is 2.41 bits per heavy atom. The number of nitrogen functional groups attached to an aromatic ring is 1. The van der Waals surface area contributed by atoms with Gasteiger partial charge in [-0.05, 0) is 24.3 Å². The molecule has 2 amide bonds. The molecule has 4 aromatic rings. The number of rotatable bonds is 5. The predicted octanol–water partition coefficient (Wildman–Crippen LogP) is 3.47. The summed E-state index contributed by atoms with van der Waals surface area (Å²) in [6, 6.07) is 15.5. The summed E-state index contributed by atoms with van der Waals surface area (Å²) in [6.45, 7) is 0. The molecule has 0 saturated heterocycles. The van der Waals surface area contributed by atoms with Crippen LogP contribution in [0.3, 0.4) is 0 Å². The Hall–Kier alpha value is -4.60. The van der Waals surface area contributed by atoms with Gasteiger partial charge in [0.25, 0.3) is 17.7 Å². The molecule has 0 radical (unpaired) electrons. The van der Waals surface area contributed by atoms with Crippen LogP contribution in [0.25, 0.3) is 22.8 Å². The second-order valence-corrected chi connectivity index (χ2v) is 7.00. The van der Waals surface area contributed by atoms with Crippen LogP contribution in [-0.4, -0.2) is 51.0 Å². The van der Waals surface area contributed by atoms with Crippen LogP contribution in [0.5, 0.6) is 0 Å². The van der Waals surface area contributed by atoms with Crippen molar-refractivity contribution in [3.05, 3.63) is 71.9 Å². The Morgan fingerprint density at radius 2 is 1.72 bits per heavy atom. The lowest BCUT2D eigenvalue weighted by molar-refractivity contribution is 0.0827. The zero-order valence-corrected chi connectivity index (χ0v) is 17.3. The Labute approximate surface area is 187 Å². The van der Waals surface area contributed by atoms with E-state index >= 15 is 0 Å². The van der Waals surface area contributed by atoms with E-state index in [-0.39, 0.29) is 39.5 Å². The predicted molar refractivity (Wildman–Crippen MR) is 124 cm³/mol. The van der Waals surface area contributed by atoms with Crippen LogP contribution >= 0.6 is 0 Å². The van der Waals surface area contributed by atoms with Gasteiger partial charge in [-0.1, -0.05) is 35.4 Å². The van der Waals surface area contributed by atoms with Gasteiger partial charge in [-0.2, -0.15) is 0 Å². The van der Waals surface area contributed by atoms with Crippen molar-refractivity contribution in [2.75, 3.05) is 25.1 Å². The number of amides is 2. The molecule has 166 valence electrons. The quantitative estimate of drug-likeness (QED) is 0.485. The van der Waals surface area contributed by atoms with Crippen LogP contribution < -0.4 is 11.1 Å². The minimum Gasteiger partial charge on any atom is -0.401 e. The van der Waals surface area contributed by atoms with E-state index in [0.717, 1.165) is 5.56 Å². The topological polar surface area (TPSA) is 140 Å². The second-order valence-electron chi connectivity index (χ2n) is 7.00. The maximum atomic E-state index is 12.3. The first-order valence-corrected chi connectivity index (χ1v) is 9.57. The molecule has 10 heteroatoms. The summed E-state index contributed by atoms with van der Waals surface area (Å²) in [5.74, 6) is -0.380. The zero-order valence-electron chi connectivity index (χ0n) is 17.3. The summed E-state index contributed by atoms with van der Waals surface area (Å²) in [5.41, 5.74) is 8.38. The number of hydrogen-bond acceptors (Lipinski definition) is 8. The van der Waals surface area contributed by atoms with E-state index in [9.17, 15) is 9.59 Å². The highest BCUT2D eigenvalue weighted by atomic mass is 16.4. The molecule has 0 aliphatic carbocycles. The van der Waals surface area contributed by atoms with Gasteiger partial charge >= 0.3 is 6.01 Å². The number of anilines is 2. The lowest BCUT2D eigenvalue weighted by Crippen LogP contribution is -2.21. The number of aromatic nitrogens is 4. The highest BCUT2D eigenvalue weighted by molar-refractivity contribution is 6.03. The van der Waals surface area contributed by atoms with Gasteiger partial charge in [0.05, 0.1) is 11.9 Å². The molecule has 2 aromatic heterocycles. The van der Waals surface area contributed by atoms with Gasteiger partial charge in [0.1, 0.15) is 0 Å². The van der Waals surface area contributed by atoms with Crippen molar-refractivity contribution in [1.82, 2.24) is 25.1 Å². The molecule has 3 N–H and O–H groups in total. The average molecular weight is 435 g/mol. The van der Waals surface area contributed by atoms with Crippen LogP contribution in [0.2, 0.25) is 0 Å². The molecule has 0 spiro atoms. The van der Waals surface area contributed by atoms with Gasteiger partial charge in [0.15, 0.2) is 11.5 Å². The molecular weight excluding hydrogens is 410 g/mol. The molecule has 0 aliphatic rings. The number of nitrogens with two attached hydrogens (primary N) is 1. The Morgan fingerprint density at radius 1 is 1.00 bits per heavy atom. The van der Waals surface area contributed by atoms with E-state index in [4.69, 9.17) is 10.2 Å². The molecule has 0 atom stereocenters. The molecule has 2 aromatic carbocycles. The fourth-order valence-electron chi connectivity index (χ4n) is 2.86. The van der Waals surface area contributed by atoms with Crippen LogP contribution in [0.1, 0.15) is 25.0 Å². The first-order chi connectivity index (χ1) is 15.4. The highest BCUT2D eigenvalue weighted by Gasteiger charge is 2.18. The van der Waals surface area contributed by atoms with Crippen molar-refractivity contribution in [3.63, 3.8) is 0 Å². The maximum absolute atomic E-state index is 12.3. The number of nitrogens with zero attached hydrogens (tertiary/aromatic N) is 5. The fourth-order valence-corrected chi connectivity index (χ4v) is 2.86. The molecular formula is C22H25N7O3. The third-order valence-electron chi connectivity index (χ3n) is 4.52. The highest BCUT2D eigenvalue weighted by Crippen LogP contribution is 2.26. The van der Waals surface area contributed by atoms with E-state index < -0.39 is 0 Å². The molecule has 32 heavy (non-hydrogen) atoms. The van der Waals surface area contributed by atoms with Crippen molar-refractivity contribution < 1.29 is 18.3 Å². The summed E-state index contributed by atoms with van der Waals surface area (Å²) < 4.78 is 5.52. The van der Waals surface area contributed by atoms with E-state index in [1.165, 1.54) is 11.1 Å². The number of hydrogen-bond donors (Lipinski definition) is 2. The number of carbonyl (C=O) groups excluding carboxylic acids is 2. The minimum absolute atomic E-state index is 0. The molecule has 0 bridgehead atoms. The van der Waals surface area contributed by atoms with Gasteiger partial charge in [-0.25, -0.2) is 9.97 Å². The van der Waals surface area contributed by atoms with E-state index in [0.29, 0.717) is 16.8 Å². The van der Waals surface area contributed by atoms with E-state index in [1.807, 2.05) is 6.07 Å². The average Bonchev–Trinajstić information content (AvgIpc) is 3.27. The fraction of sp³-hybridized carbons (Fsp3) is 0.0909. The smallest absolute Gasteiger partial charge is 0.322 e. The monoisotopic (exact) mass is 435 g/mol. The van der Waals surface area contributed by atoms with Crippen LogP contribution in [0.4, 0.5) is 11.8 Å². The Kier molecular flexibility index (Phi) is 5.58. The maximum Gasteiger partial charge on any atom is 0.322 e. The molecule has 2 heterocycles. The lowest BCUT2D eigenvalue weighted by atomic mass is 10.1. The summed E-state index contributed by atoms with van der Waals surface area (Å²) in [6.07, 6.45) is 1.51. The van der Waals surface area contributed by atoms with Gasteiger partial charge in [-0.15, -0.1) is 5.10 Å². The van der Waals surface area contributed by atoms with Gasteiger partial charge in [-0.3, -0.25) is 14.9 Å². The third-order valence-corrected chi connectivity index (χ3v) is 4.52. The van der Waals surface area contributed by atoms with Crippen LogP contribution in [0, 0.1) is 0 Å². The molecule has 10 nitrogen and oxygen atoms in total. The van der Waals surface area contributed by atoms with Gasteiger partial charge < -0.3 is 15.1 Å². The summed E-state index contributed by atoms with van der Waals surface area (Å²) >= 11 is 0. The second kappa shape index (κ2) is 8.64. The van der Waals surface area contributed by atoms with Crippen molar-refractivity contribution in [3.8, 4) is 22.8 Å². The largest absolute Gasteiger partial charge is 0.401 e. The molecule has 0 saturated carbocycles. The minimum atomic E-state index is -0.388. The zero-order chi connectivity index (χ0) is 22.7. The van der Waals surface area contributed by atoms with Crippen molar-refractivity contribution in [2.45, 2.75) is 0 Å². The van der Waals surface area contributed by atoms with Gasteiger partial charge in [0, 0.05) is 35.1 Å². The number of nitrogens with one attached hydrogen (secondary N) is 1. The molecule has 0 fully saturated rings. The summed E-state index contributed by atoms with van der Waals surface area (Å²) in [4.78, 5) is 34.5. The van der Waals surface area contributed by atoms with E-state index in [2.05, 4.69) is 25.5 Å². The third kappa shape index (κ3) is 4.29. The van der Waals surface area contributed by atoms with Crippen molar-refractivity contribution in [1.29, 1.82) is 0 Å². The normalized spacial score (nSPS) is 10.6. The summed E-state index contributed by atoms with van der Waals surface area (Å²) in [7, 11) is 3.38. The first kappa shape index (κ1) is 20.7. The molecule has 4 rings (SSSR count). The summed E-state index contributed by atoms with van der Waals surface area (Å²) in [5, 5.41) is 10.3. The molecule has 0 aliphatic heterocycles. The van der Waals surface area contributed by atoms with Crippen LogP contribution in [-0.2, 0) is 0 Å². The Bertz CT molecular complexity index is 1280. The number of carbonyl (C=O) groups is 2. The van der Waals surface area contributed by atoms with E-state index in [1.54, 1.807) is 62.6 Å². The van der Waals surface area contributed by atoms with Crippen molar-refractivity contribution in [2.24, 2.45) is 0 Å². The van der Waals surface area contributed by atoms with Gasteiger partial charge in [0.2, 0.25) is 0 Å². The van der Waals surface area contributed by atoms with Crippen LogP contribution in [0.15, 0.2) is 65.2 Å². The standard InChI is InChI=1S/C22H19N7O3.3H2/c1-29(2)21(31)15-10-8-13(9-11-15)16-12-24-18(23)17(25-16)20-27-28-22(32-20)26-19(30)14-6-4-3-5-7-14;;;/h3-12H,1-2H3,(H2,23,24)(H,26,28,30);3*1H. The SMILES string of the molecule is CN(C)C(=O)c1ccc(-c2cnc(N)c(-c3nnc(NC(=O)c4ccccc4)o3)n2)cc1.[HH].[HH].[HH]. The first-order valence-electron chi connectivity index (χ1n) is 9.57. The number of benzene rings is 2. The lowest BCUT2D eigenvalue weighted by Gasteiger charge is -2.10. The Balaban J connectivity index is 0.00000204. The molecule has 0 unspecified atom stereocenters. The van der Waals surface area contributed by atoms with Crippen molar-refractivity contribution >= 4 is 23.6 Å².